The molecule has 0 unspecified atom stereocenters. The van der Waals surface area contributed by atoms with Gasteiger partial charge in [-0.1, -0.05) is 49.4 Å². The fourth-order valence-electron chi connectivity index (χ4n) is 2.80. The second-order valence-electron chi connectivity index (χ2n) is 6.33. The number of hydrogen-bond acceptors (Lipinski definition) is 2. The van der Waals surface area contributed by atoms with Gasteiger partial charge in [0, 0.05) is 5.69 Å². The summed E-state index contributed by atoms with van der Waals surface area (Å²) >= 11 is 0. The van der Waals surface area contributed by atoms with Crippen molar-refractivity contribution < 1.29 is 9.53 Å². The zero-order valence-corrected chi connectivity index (χ0v) is 14.9. The van der Waals surface area contributed by atoms with Gasteiger partial charge >= 0.3 is 0 Å². The van der Waals surface area contributed by atoms with Crippen molar-refractivity contribution in [2.75, 3.05) is 5.32 Å². The molecule has 25 heavy (non-hydrogen) atoms. The SMILES string of the molecule is CC[C@@H](Oc1cc(C)ccc1C)C(=O)Nc1ccc2ccccc2c1. The maximum absolute atomic E-state index is 12.6. The molecule has 0 bridgehead atoms. The van der Waals surface area contributed by atoms with E-state index in [0.717, 1.165) is 33.3 Å². The molecular formula is C22H23NO2. The van der Waals surface area contributed by atoms with Crippen LogP contribution in [0.2, 0.25) is 0 Å². The van der Waals surface area contributed by atoms with E-state index in [9.17, 15) is 4.79 Å². The summed E-state index contributed by atoms with van der Waals surface area (Å²) in [6, 6.07) is 20.0. The van der Waals surface area contributed by atoms with Gasteiger partial charge in [-0.15, -0.1) is 0 Å². The Morgan fingerprint density at radius 1 is 1.00 bits per heavy atom. The van der Waals surface area contributed by atoms with E-state index in [4.69, 9.17) is 4.74 Å². The molecule has 0 aliphatic carbocycles. The molecule has 3 aromatic carbocycles. The molecule has 0 spiro atoms. The number of aryl methyl sites for hydroxylation is 2. The maximum Gasteiger partial charge on any atom is 0.265 e. The third kappa shape index (κ3) is 4.00. The van der Waals surface area contributed by atoms with E-state index in [2.05, 4.69) is 11.4 Å². The fourth-order valence-corrected chi connectivity index (χ4v) is 2.80. The molecule has 128 valence electrons. The van der Waals surface area contributed by atoms with E-state index in [1.54, 1.807) is 0 Å². The molecule has 0 saturated heterocycles. The number of ether oxygens (including phenoxy) is 1. The molecule has 0 aliphatic heterocycles. The van der Waals surface area contributed by atoms with Crippen molar-refractivity contribution in [2.24, 2.45) is 0 Å². The van der Waals surface area contributed by atoms with Gasteiger partial charge in [0.25, 0.3) is 5.91 Å². The molecule has 0 saturated carbocycles. The summed E-state index contributed by atoms with van der Waals surface area (Å²) in [6.45, 7) is 5.96. The number of amides is 1. The van der Waals surface area contributed by atoms with E-state index in [1.807, 2.05) is 75.4 Å². The highest BCUT2D eigenvalue weighted by molar-refractivity contribution is 5.96. The van der Waals surface area contributed by atoms with E-state index in [1.165, 1.54) is 0 Å². The Morgan fingerprint density at radius 3 is 2.52 bits per heavy atom. The molecule has 0 radical (unpaired) electrons. The number of nitrogens with one attached hydrogen (secondary N) is 1. The minimum atomic E-state index is -0.521. The number of carbonyl (C=O) groups is 1. The number of carbonyl (C=O) groups excluding carboxylic acids is 1. The maximum atomic E-state index is 12.6. The van der Waals surface area contributed by atoms with Gasteiger partial charge < -0.3 is 10.1 Å². The molecule has 1 amide bonds. The quantitative estimate of drug-likeness (QED) is 0.692. The van der Waals surface area contributed by atoms with Crippen molar-refractivity contribution in [1.29, 1.82) is 0 Å². The van der Waals surface area contributed by atoms with Crippen LogP contribution in [0.1, 0.15) is 24.5 Å². The topological polar surface area (TPSA) is 38.3 Å². The van der Waals surface area contributed by atoms with E-state index in [-0.39, 0.29) is 5.91 Å². The Morgan fingerprint density at radius 2 is 1.76 bits per heavy atom. The number of benzene rings is 3. The first-order chi connectivity index (χ1) is 12.1. The van der Waals surface area contributed by atoms with Crippen LogP contribution < -0.4 is 10.1 Å². The smallest absolute Gasteiger partial charge is 0.265 e. The summed E-state index contributed by atoms with van der Waals surface area (Å²) in [5.74, 6) is 0.638. The summed E-state index contributed by atoms with van der Waals surface area (Å²) in [7, 11) is 0. The second-order valence-corrected chi connectivity index (χ2v) is 6.33. The van der Waals surface area contributed by atoms with Gasteiger partial charge in [0.15, 0.2) is 6.10 Å². The predicted octanol–water partition coefficient (Wildman–Crippen LogP) is 5.25. The van der Waals surface area contributed by atoms with Gasteiger partial charge in [0.2, 0.25) is 0 Å². The normalized spacial score (nSPS) is 12.0. The van der Waals surface area contributed by atoms with E-state index in [0.29, 0.717) is 6.42 Å². The van der Waals surface area contributed by atoms with Crippen LogP contribution in [0.25, 0.3) is 10.8 Å². The number of rotatable bonds is 5. The van der Waals surface area contributed by atoms with Crippen LogP contribution in [-0.4, -0.2) is 12.0 Å². The number of anilines is 1. The molecule has 3 aromatic rings. The van der Waals surface area contributed by atoms with Gasteiger partial charge in [-0.05, 0) is 60.4 Å². The van der Waals surface area contributed by atoms with Crippen molar-refractivity contribution in [3.63, 3.8) is 0 Å². The van der Waals surface area contributed by atoms with Crippen LogP contribution in [0.15, 0.2) is 60.7 Å². The van der Waals surface area contributed by atoms with Gasteiger partial charge in [0.1, 0.15) is 5.75 Å². The lowest BCUT2D eigenvalue weighted by atomic mass is 10.1. The van der Waals surface area contributed by atoms with Crippen molar-refractivity contribution in [3.05, 3.63) is 71.8 Å². The lowest BCUT2D eigenvalue weighted by Crippen LogP contribution is -2.32. The van der Waals surface area contributed by atoms with Crippen molar-refractivity contribution in [1.82, 2.24) is 0 Å². The van der Waals surface area contributed by atoms with E-state index >= 15 is 0 Å². The van der Waals surface area contributed by atoms with Gasteiger partial charge in [-0.25, -0.2) is 0 Å². The van der Waals surface area contributed by atoms with E-state index < -0.39 is 6.10 Å². The highest BCUT2D eigenvalue weighted by atomic mass is 16.5. The Hall–Kier alpha value is -2.81. The van der Waals surface area contributed by atoms with Crippen LogP contribution in [0.3, 0.4) is 0 Å². The molecule has 3 heteroatoms. The van der Waals surface area contributed by atoms with Gasteiger partial charge in [0.05, 0.1) is 0 Å². The predicted molar refractivity (Wildman–Crippen MR) is 103 cm³/mol. The molecule has 0 fully saturated rings. The Balaban J connectivity index is 1.76. The van der Waals surface area contributed by atoms with Crippen LogP contribution in [0.5, 0.6) is 5.75 Å². The second kappa shape index (κ2) is 7.39. The van der Waals surface area contributed by atoms with Crippen molar-refractivity contribution in [2.45, 2.75) is 33.3 Å². The summed E-state index contributed by atoms with van der Waals surface area (Å²) in [5, 5.41) is 5.23. The third-order valence-electron chi connectivity index (χ3n) is 4.29. The average molecular weight is 333 g/mol. The van der Waals surface area contributed by atoms with Crippen molar-refractivity contribution >= 4 is 22.4 Å². The Labute approximate surface area is 148 Å². The molecule has 0 heterocycles. The molecule has 1 N–H and O–H groups in total. The van der Waals surface area contributed by atoms with Crippen LogP contribution in [-0.2, 0) is 4.79 Å². The van der Waals surface area contributed by atoms with Crippen LogP contribution in [0, 0.1) is 13.8 Å². The van der Waals surface area contributed by atoms with Gasteiger partial charge in [-0.2, -0.15) is 0 Å². The fraction of sp³-hybridized carbons (Fsp3) is 0.227. The summed E-state index contributed by atoms with van der Waals surface area (Å²) in [6.07, 6.45) is 0.0826. The number of hydrogen-bond donors (Lipinski definition) is 1. The largest absolute Gasteiger partial charge is 0.480 e. The van der Waals surface area contributed by atoms with Gasteiger partial charge in [-0.3, -0.25) is 4.79 Å². The first kappa shape index (κ1) is 17.0. The first-order valence-electron chi connectivity index (χ1n) is 8.60. The molecule has 3 rings (SSSR count). The lowest BCUT2D eigenvalue weighted by molar-refractivity contribution is -0.122. The average Bonchev–Trinajstić information content (AvgIpc) is 2.62. The minimum Gasteiger partial charge on any atom is -0.480 e. The Kier molecular flexibility index (Phi) is 5.03. The molecule has 0 aromatic heterocycles. The molecule has 1 atom stereocenters. The summed E-state index contributed by atoms with van der Waals surface area (Å²) in [5.41, 5.74) is 2.93. The summed E-state index contributed by atoms with van der Waals surface area (Å²) in [4.78, 5) is 12.6. The monoisotopic (exact) mass is 333 g/mol. The molecule has 0 aliphatic rings. The zero-order chi connectivity index (χ0) is 17.8. The molecule has 3 nitrogen and oxygen atoms in total. The molecular weight excluding hydrogens is 310 g/mol. The zero-order valence-electron chi connectivity index (χ0n) is 14.9. The highest BCUT2D eigenvalue weighted by Gasteiger charge is 2.19. The standard InChI is InChI=1S/C22H23NO2/c1-4-20(25-21-13-15(2)9-10-16(21)3)22(24)23-19-12-11-17-7-5-6-8-18(17)14-19/h5-14,20H,4H2,1-3H3,(H,23,24)/t20-/m1/s1. The highest BCUT2D eigenvalue weighted by Crippen LogP contribution is 2.23. The minimum absolute atomic E-state index is 0.126. The summed E-state index contributed by atoms with van der Waals surface area (Å²) < 4.78 is 5.98. The van der Waals surface area contributed by atoms with Crippen LogP contribution >= 0.6 is 0 Å². The number of fused-ring (bicyclic) bond motifs is 1. The third-order valence-corrected chi connectivity index (χ3v) is 4.29. The lowest BCUT2D eigenvalue weighted by Gasteiger charge is -2.19. The first-order valence-corrected chi connectivity index (χ1v) is 8.60. The van der Waals surface area contributed by atoms with Crippen molar-refractivity contribution in [3.8, 4) is 5.75 Å². The Bertz CT molecular complexity index is 901. The van der Waals surface area contributed by atoms with Crippen LogP contribution in [0.4, 0.5) is 5.69 Å².